The Hall–Kier alpha value is -1.25. The van der Waals surface area contributed by atoms with Crippen molar-refractivity contribution in [1.29, 1.82) is 0 Å². The van der Waals surface area contributed by atoms with E-state index in [2.05, 4.69) is 95.2 Å². The van der Waals surface area contributed by atoms with Gasteiger partial charge in [0.15, 0.2) is 0 Å². The van der Waals surface area contributed by atoms with Crippen LogP contribution in [-0.4, -0.2) is 14.7 Å². The number of benzene rings is 2. The van der Waals surface area contributed by atoms with E-state index in [0.29, 0.717) is 0 Å². The van der Waals surface area contributed by atoms with Crippen molar-refractivity contribution in [3.05, 3.63) is 69.8 Å². The molecule has 186 valence electrons. The van der Waals surface area contributed by atoms with Crippen LogP contribution in [0, 0.1) is 0 Å². The Balaban J connectivity index is 2.93. The summed E-state index contributed by atoms with van der Waals surface area (Å²) in [4.78, 5) is 32.4. The Morgan fingerprint density at radius 3 is 0.818 bits per heavy atom. The zero-order valence-corrected chi connectivity index (χ0v) is 23.9. The van der Waals surface area contributed by atoms with Gasteiger partial charge >= 0.3 is 203 Å². The molecule has 0 amide bonds. The van der Waals surface area contributed by atoms with Crippen molar-refractivity contribution in [1.82, 2.24) is 0 Å². The van der Waals surface area contributed by atoms with Crippen LogP contribution in [0.5, 0.6) is 0 Å². The number of rotatable bonds is 3. The fourth-order valence-electron chi connectivity index (χ4n) is 4.01. The third-order valence-electron chi connectivity index (χ3n) is 6.43. The second-order valence-corrected chi connectivity index (χ2v) is 15.8. The predicted octanol–water partition coefficient (Wildman–Crippen LogP) is 7.44. The summed E-state index contributed by atoms with van der Waals surface area (Å²) >= 11 is 0. The van der Waals surface area contributed by atoms with Crippen molar-refractivity contribution >= 4 is 7.94 Å². The van der Waals surface area contributed by atoms with Gasteiger partial charge in [-0.2, -0.15) is 0 Å². The van der Waals surface area contributed by atoms with E-state index in [1.54, 1.807) is 0 Å². The summed E-state index contributed by atoms with van der Waals surface area (Å²) in [6.07, 6.45) is 0. The van der Waals surface area contributed by atoms with Gasteiger partial charge in [-0.15, -0.1) is 0 Å². The first-order valence-electron chi connectivity index (χ1n) is 12.0. The molecule has 0 saturated heterocycles. The molecule has 4 heteroatoms. The van der Waals surface area contributed by atoms with Crippen molar-refractivity contribution in [3.63, 3.8) is 0 Å². The molecule has 0 aliphatic carbocycles. The molecular weight excluding hydrogens is 427 g/mol. The average Bonchev–Trinajstić information content (AvgIpc) is 2.57. The van der Waals surface area contributed by atoms with E-state index < -0.39 is 13.6 Å². The van der Waals surface area contributed by atoms with Gasteiger partial charge < -0.3 is 0 Å². The van der Waals surface area contributed by atoms with Gasteiger partial charge in [0, 0.05) is 0 Å². The van der Waals surface area contributed by atoms with E-state index in [1.807, 2.05) is 24.3 Å². The van der Waals surface area contributed by atoms with E-state index in [9.17, 15) is 14.7 Å². The van der Waals surface area contributed by atoms with Crippen LogP contribution in [0.25, 0.3) is 0 Å². The van der Waals surface area contributed by atoms with Crippen LogP contribution in [0.2, 0.25) is 0 Å². The number of hydrogen-bond donors (Lipinski definition) is 3. The van der Waals surface area contributed by atoms with Gasteiger partial charge in [-0.3, -0.25) is 0 Å². The third-order valence-corrected chi connectivity index (χ3v) is 7.87. The summed E-state index contributed by atoms with van der Waals surface area (Å²) < 4.78 is 0. The van der Waals surface area contributed by atoms with Crippen molar-refractivity contribution in [2.24, 2.45) is 0 Å². The molecular formula is C29H47O3P. The van der Waals surface area contributed by atoms with E-state index in [1.165, 1.54) is 0 Å². The maximum absolute atomic E-state index is 10.8. The van der Waals surface area contributed by atoms with Crippen molar-refractivity contribution in [2.45, 2.75) is 110 Å². The zero-order chi connectivity index (χ0) is 25.8. The summed E-state index contributed by atoms with van der Waals surface area (Å²) in [6, 6.07) is 12.6. The Kier molecular flexibility index (Phi) is 7.43. The molecule has 0 heterocycles. The van der Waals surface area contributed by atoms with E-state index >= 15 is 0 Å². The quantitative estimate of drug-likeness (QED) is 0.405. The Labute approximate surface area is 202 Å². The van der Waals surface area contributed by atoms with Crippen LogP contribution in [0.4, 0.5) is 0 Å². The normalized spacial score (nSPS) is 14.7. The molecule has 0 radical (unpaired) electrons. The van der Waals surface area contributed by atoms with Crippen molar-refractivity contribution in [3.8, 4) is 0 Å². The van der Waals surface area contributed by atoms with E-state index in [-0.39, 0.29) is 21.7 Å². The van der Waals surface area contributed by atoms with Crippen LogP contribution in [0.1, 0.15) is 122 Å². The first-order chi connectivity index (χ1) is 14.5. The van der Waals surface area contributed by atoms with Gasteiger partial charge in [0.2, 0.25) is 0 Å². The minimum absolute atomic E-state index is 0.116. The molecule has 3 nitrogen and oxygen atoms in total. The van der Waals surface area contributed by atoms with Gasteiger partial charge in [0.1, 0.15) is 0 Å². The summed E-state index contributed by atoms with van der Waals surface area (Å²) in [5.74, 6) is 0. The standard InChI is InChI=1S/C29H47O3P/c1-26(2,3)21-13-19(14-22(17-21)27(4,5)6)25(33(30,31)32)20-15-23(28(7,8)9)18-24(16-20)29(10,11)12/h13-18,25,30-33H,1-12H3. The van der Waals surface area contributed by atoms with Gasteiger partial charge in [0.05, 0.1) is 0 Å². The van der Waals surface area contributed by atoms with Crippen LogP contribution in [0.15, 0.2) is 36.4 Å². The summed E-state index contributed by atoms with van der Waals surface area (Å²) in [5, 5.41) is 0. The summed E-state index contributed by atoms with van der Waals surface area (Å²) in [7, 11) is -4.60. The molecule has 0 atom stereocenters. The zero-order valence-electron chi connectivity index (χ0n) is 22.9. The molecule has 2 rings (SSSR count). The second kappa shape index (κ2) is 8.76. The Bertz CT molecular complexity index is 848. The van der Waals surface area contributed by atoms with Gasteiger partial charge in [-0.05, 0) is 0 Å². The van der Waals surface area contributed by atoms with Crippen molar-refractivity contribution in [2.75, 3.05) is 0 Å². The first-order valence-corrected chi connectivity index (χ1v) is 13.9. The monoisotopic (exact) mass is 474 g/mol. The molecule has 3 N–H and O–H groups in total. The Morgan fingerprint density at radius 2 is 0.667 bits per heavy atom. The molecule has 2 aromatic rings. The molecule has 33 heavy (non-hydrogen) atoms. The molecule has 0 saturated carbocycles. The molecule has 0 aromatic heterocycles. The van der Waals surface area contributed by atoms with E-state index in [0.717, 1.165) is 33.4 Å². The first kappa shape index (κ1) is 28.0. The van der Waals surface area contributed by atoms with Crippen molar-refractivity contribution < 1.29 is 14.7 Å². The third kappa shape index (κ3) is 6.89. The molecule has 0 fully saturated rings. The predicted molar refractivity (Wildman–Crippen MR) is 144 cm³/mol. The van der Waals surface area contributed by atoms with Crippen LogP contribution < -0.4 is 0 Å². The summed E-state index contributed by atoms with van der Waals surface area (Å²) in [6.45, 7) is 25.9. The fourth-order valence-corrected chi connectivity index (χ4v) is 5.24. The SMILES string of the molecule is CC(C)(C)c1cc(C(c2cc(C(C)(C)C)cc(C(C)(C)C)c2)[PH](O)(O)O)cc(C(C)(C)C)c1. The van der Waals surface area contributed by atoms with Crippen LogP contribution >= 0.6 is 7.94 Å². The minimum atomic E-state index is -4.60. The van der Waals surface area contributed by atoms with Crippen LogP contribution in [-0.2, 0) is 21.7 Å². The van der Waals surface area contributed by atoms with Gasteiger partial charge in [-0.25, -0.2) is 0 Å². The molecule has 0 bridgehead atoms. The van der Waals surface area contributed by atoms with E-state index in [4.69, 9.17) is 0 Å². The molecule has 0 aliphatic heterocycles. The molecule has 0 unspecified atom stereocenters. The topological polar surface area (TPSA) is 60.7 Å². The number of hydrogen-bond acceptors (Lipinski definition) is 3. The summed E-state index contributed by atoms with van der Waals surface area (Å²) in [5.41, 5.74) is 4.67. The molecule has 0 spiro atoms. The van der Waals surface area contributed by atoms with Gasteiger partial charge in [0.25, 0.3) is 0 Å². The second-order valence-electron chi connectivity index (χ2n) is 13.8. The maximum atomic E-state index is 10.8. The van der Waals surface area contributed by atoms with Crippen LogP contribution in [0.3, 0.4) is 0 Å². The molecule has 2 aromatic carbocycles. The fraction of sp³-hybridized carbons (Fsp3) is 0.586. The Morgan fingerprint density at radius 1 is 0.455 bits per heavy atom. The van der Waals surface area contributed by atoms with Gasteiger partial charge in [-0.1, -0.05) is 0 Å². The molecule has 0 aliphatic rings. The average molecular weight is 475 g/mol.